The number of allylic oxidation sites excluding steroid dienone is 1. The molecule has 1 rings (SSSR count). The van der Waals surface area contributed by atoms with E-state index in [2.05, 4.69) is 0 Å². The smallest absolute Gasteiger partial charge is 0.159 e. The van der Waals surface area contributed by atoms with E-state index >= 15 is 0 Å². The topological polar surface area (TPSA) is 64.7 Å². The molecule has 0 atom stereocenters. The van der Waals surface area contributed by atoms with E-state index in [1.54, 1.807) is 24.3 Å². The van der Waals surface area contributed by atoms with E-state index in [0.717, 1.165) is 0 Å². The lowest BCUT2D eigenvalue weighted by atomic mass is 10.0. The first-order valence-corrected chi connectivity index (χ1v) is 4.00. The number of Topliss-reactive ketones (excluding diaryl/α,β-unsaturated/α-hetero) is 1. The number of carbonyl (C=O) groups excluding carboxylic acids is 1. The van der Waals surface area contributed by atoms with E-state index in [9.17, 15) is 4.79 Å². The van der Waals surface area contributed by atoms with Gasteiger partial charge in [-0.3, -0.25) is 10.2 Å². The molecule has 0 aromatic heterocycles. The van der Waals surface area contributed by atoms with Gasteiger partial charge in [0.25, 0.3) is 0 Å². The molecule has 0 heterocycles. The van der Waals surface area contributed by atoms with Crippen LogP contribution in [0, 0.1) is 16.7 Å². The summed E-state index contributed by atoms with van der Waals surface area (Å²) >= 11 is 0. The fourth-order valence-electron chi connectivity index (χ4n) is 1.06. The number of nitrogens with zero attached hydrogens (tertiary/aromatic N) is 1. The van der Waals surface area contributed by atoms with E-state index in [1.165, 1.54) is 6.92 Å². The average molecular weight is 184 g/mol. The zero-order valence-electron chi connectivity index (χ0n) is 7.66. The maximum Gasteiger partial charge on any atom is 0.159 e. The van der Waals surface area contributed by atoms with Gasteiger partial charge in [-0.2, -0.15) is 5.26 Å². The van der Waals surface area contributed by atoms with Crippen molar-refractivity contribution in [3.8, 4) is 6.07 Å². The van der Waals surface area contributed by atoms with Gasteiger partial charge in [-0.1, -0.05) is 18.2 Å². The molecule has 68 valence electrons. The van der Waals surface area contributed by atoms with Crippen molar-refractivity contribution in [2.24, 2.45) is 0 Å². The summed E-state index contributed by atoms with van der Waals surface area (Å²) < 4.78 is 0. The fourth-order valence-corrected chi connectivity index (χ4v) is 1.06. The molecule has 1 N–H and O–H groups in total. The van der Waals surface area contributed by atoms with E-state index in [-0.39, 0.29) is 11.4 Å². The second-order valence-corrected chi connectivity index (χ2v) is 2.75. The molecule has 0 unspecified atom stereocenters. The normalized spacial score (nSPS) is 8.57. The molecular weight excluding hydrogens is 176 g/mol. The van der Waals surface area contributed by atoms with Gasteiger partial charge in [-0.05, 0) is 18.9 Å². The van der Waals surface area contributed by atoms with Crippen LogP contribution in [-0.2, 0) is 0 Å². The first kappa shape index (κ1) is 9.91. The Morgan fingerprint density at radius 3 is 2.57 bits per heavy atom. The van der Waals surface area contributed by atoms with Crippen LogP contribution in [0.25, 0.3) is 5.57 Å². The molecule has 0 aliphatic heterocycles. The van der Waals surface area contributed by atoms with Crippen LogP contribution in [0.4, 0.5) is 0 Å². The number of benzene rings is 1. The van der Waals surface area contributed by atoms with E-state index in [4.69, 9.17) is 10.7 Å². The molecular formula is C11H8N2O. The van der Waals surface area contributed by atoms with Crippen molar-refractivity contribution in [1.82, 2.24) is 0 Å². The van der Waals surface area contributed by atoms with E-state index in [1.807, 2.05) is 11.9 Å². The molecule has 0 aliphatic carbocycles. The minimum atomic E-state index is -0.0610. The lowest BCUT2D eigenvalue weighted by Gasteiger charge is -1.98. The Bertz CT molecular complexity index is 462. The third-order valence-electron chi connectivity index (χ3n) is 1.79. The molecule has 14 heavy (non-hydrogen) atoms. The van der Waals surface area contributed by atoms with Gasteiger partial charge in [0.15, 0.2) is 5.78 Å². The number of nitriles is 1. The molecule has 0 aliphatic rings. The molecule has 0 amide bonds. The fraction of sp³-hybridized carbons (Fsp3) is 0.0909. The Hall–Kier alpha value is -2.17. The Morgan fingerprint density at radius 1 is 1.43 bits per heavy atom. The van der Waals surface area contributed by atoms with E-state index < -0.39 is 0 Å². The predicted octanol–water partition coefficient (Wildman–Crippen LogP) is 2.04. The number of ketones is 1. The van der Waals surface area contributed by atoms with Crippen LogP contribution in [0.3, 0.4) is 0 Å². The summed E-state index contributed by atoms with van der Waals surface area (Å²) in [6.07, 6.45) is 0. The number of rotatable bonds is 2. The quantitative estimate of drug-likeness (QED) is 0.434. The van der Waals surface area contributed by atoms with Crippen molar-refractivity contribution in [1.29, 1.82) is 10.7 Å². The molecule has 0 bridgehead atoms. The Balaban J connectivity index is 3.26. The van der Waals surface area contributed by atoms with Crippen molar-refractivity contribution in [3.63, 3.8) is 0 Å². The standard InChI is InChI=1S/C11H8N2O/c1-8(14)9-3-2-4-10(5-9)11(6-12)7-13/h2-5,12H,1H3. The van der Waals surface area contributed by atoms with Gasteiger partial charge >= 0.3 is 0 Å². The van der Waals surface area contributed by atoms with Gasteiger partial charge < -0.3 is 0 Å². The van der Waals surface area contributed by atoms with Gasteiger partial charge in [-0.15, -0.1) is 0 Å². The van der Waals surface area contributed by atoms with Crippen molar-refractivity contribution in [2.75, 3.05) is 0 Å². The summed E-state index contributed by atoms with van der Waals surface area (Å²) in [7, 11) is 0. The van der Waals surface area contributed by atoms with Crippen LogP contribution in [-0.4, -0.2) is 11.7 Å². The van der Waals surface area contributed by atoms with Gasteiger partial charge in [0.2, 0.25) is 0 Å². The highest BCUT2D eigenvalue weighted by Crippen LogP contribution is 2.12. The van der Waals surface area contributed by atoms with Crippen LogP contribution in [0.1, 0.15) is 22.8 Å². The molecule has 0 spiro atoms. The molecule has 0 saturated carbocycles. The number of hydrogen-bond donors (Lipinski definition) is 1. The van der Waals surface area contributed by atoms with Crippen LogP contribution < -0.4 is 0 Å². The highest BCUT2D eigenvalue weighted by Gasteiger charge is 2.03. The zero-order chi connectivity index (χ0) is 10.6. The van der Waals surface area contributed by atoms with Gasteiger partial charge in [0.05, 0.1) is 0 Å². The molecule has 3 heteroatoms. The van der Waals surface area contributed by atoms with Crippen LogP contribution >= 0.6 is 0 Å². The van der Waals surface area contributed by atoms with Crippen molar-refractivity contribution >= 4 is 17.2 Å². The number of carbonyl (C=O) groups is 1. The van der Waals surface area contributed by atoms with Gasteiger partial charge in [0, 0.05) is 11.1 Å². The third-order valence-corrected chi connectivity index (χ3v) is 1.79. The summed E-state index contributed by atoms with van der Waals surface area (Å²) in [6.45, 7) is 1.46. The third kappa shape index (κ3) is 1.95. The molecule has 1 aromatic rings. The summed E-state index contributed by atoms with van der Waals surface area (Å²) in [4.78, 5) is 11.0. The molecule has 0 fully saturated rings. The largest absolute Gasteiger partial charge is 0.295 e. The lowest BCUT2D eigenvalue weighted by molar-refractivity contribution is 0.101. The Labute approximate surface area is 81.8 Å². The minimum Gasteiger partial charge on any atom is -0.295 e. The maximum atomic E-state index is 11.0. The molecule has 3 nitrogen and oxygen atoms in total. The molecule has 0 saturated heterocycles. The van der Waals surface area contributed by atoms with Crippen molar-refractivity contribution < 1.29 is 4.79 Å². The van der Waals surface area contributed by atoms with Crippen molar-refractivity contribution in [3.05, 3.63) is 35.4 Å². The monoisotopic (exact) mass is 184 g/mol. The second-order valence-electron chi connectivity index (χ2n) is 2.75. The summed E-state index contributed by atoms with van der Waals surface area (Å²) in [5, 5.41) is 15.5. The highest BCUT2D eigenvalue weighted by molar-refractivity contribution is 5.99. The number of nitrogens with one attached hydrogen (secondary N) is 1. The average Bonchev–Trinajstić information content (AvgIpc) is 2.20. The SMILES string of the molecule is CC(=O)c1cccc(C(=C=N)C#N)c1. The summed E-state index contributed by atoms with van der Waals surface area (Å²) in [6, 6.07) is 8.45. The predicted molar refractivity (Wildman–Crippen MR) is 53.2 cm³/mol. The number of hydrogen-bond acceptors (Lipinski definition) is 3. The van der Waals surface area contributed by atoms with E-state index in [0.29, 0.717) is 11.1 Å². The van der Waals surface area contributed by atoms with Crippen LogP contribution in [0.15, 0.2) is 24.3 Å². The van der Waals surface area contributed by atoms with Gasteiger partial charge in [0.1, 0.15) is 11.6 Å². The summed E-state index contributed by atoms with van der Waals surface area (Å²) in [5.74, 6) is 1.97. The van der Waals surface area contributed by atoms with Crippen LogP contribution in [0.2, 0.25) is 0 Å². The molecule has 1 aromatic carbocycles. The van der Waals surface area contributed by atoms with Crippen molar-refractivity contribution in [2.45, 2.75) is 6.92 Å². The molecule has 0 radical (unpaired) electrons. The zero-order valence-corrected chi connectivity index (χ0v) is 7.66. The highest BCUT2D eigenvalue weighted by atomic mass is 16.1. The first-order chi connectivity index (χ1) is 6.69. The lowest BCUT2D eigenvalue weighted by Crippen LogP contribution is -1.93. The Kier molecular flexibility index (Phi) is 2.96. The first-order valence-electron chi connectivity index (χ1n) is 4.00. The minimum absolute atomic E-state index is 0.0610. The van der Waals surface area contributed by atoms with Crippen LogP contribution in [0.5, 0.6) is 0 Å². The summed E-state index contributed by atoms with van der Waals surface area (Å²) in [5.41, 5.74) is 1.22. The Morgan fingerprint density at radius 2 is 2.07 bits per heavy atom. The second kappa shape index (κ2) is 4.18. The van der Waals surface area contributed by atoms with Gasteiger partial charge in [-0.25, -0.2) is 0 Å². The maximum absolute atomic E-state index is 11.0.